The SMILES string of the molecule is CC(COc1ccccc1)N(CCO)N=O. The zero-order valence-corrected chi connectivity index (χ0v) is 9.24. The van der Waals surface area contributed by atoms with Crippen LogP contribution in [0.1, 0.15) is 6.92 Å². The van der Waals surface area contributed by atoms with Crippen molar-refractivity contribution in [1.29, 1.82) is 0 Å². The molecule has 0 bridgehead atoms. The van der Waals surface area contributed by atoms with Crippen LogP contribution in [0.15, 0.2) is 35.6 Å². The third-order valence-electron chi connectivity index (χ3n) is 2.18. The topological polar surface area (TPSA) is 62.1 Å². The maximum Gasteiger partial charge on any atom is 0.119 e. The van der Waals surface area contributed by atoms with Crippen LogP contribution in [0.2, 0.25) is 0 Å². The summed E-state index contributed by atoms with van der Waals surface area (Å²) < 4.78 is 5.47. The Hall–Kier alpha value is -1.62. The van der Waals surface area contributed by atoms with Crippen molar-refractivity contribution >= 4 is 0 Å². The molecule has 0 saturated carbocycles. The lowest BCUT2D eigenvalue weighted by molar-refractivity contribution is 0.122. The second kappa shape index (κ2) is 6.79. The Bertz CT molecular complexity index is 305. The summed E-state index contributed by atoms with van der Waals surface area (Å²) in [5.41, 5.74) is 0. The number of hydrogen-bond acceptors (Lipinski definition) is 4. The van der Waals surface area contributed by atoms with E-state index in [0.717, 1.165) is 5.75 Å². The minimum Gasteiger partial charge on any atom is -0.491 e. The number of rotatable bonds is 7. The summed E-state index contributed by atoms with van der Waals surface area (Å²) in [7, 11) is 0. The van der Waals surface area contributed by atoms with Crippen molar-refractivity contribution in [1.82, 2.24) is 5.01 Å². The highest BCUT2D eigenvalue weighted by Crippen LogP contribution is 2.10. The fourth-order valence-corrected chi connectivity index (χ4v) is 1.26. The lowest BCUT2D eigenvalue weighted by atomic mass is 10.3. The number of aliphatic hydroxyl groups is 1. The fourth-order valence-electron chi connectivity index (χ4n) is 1.26. The molecule has 0 aromatic heterocycles. The molecule has 1 aromatic rings. The van der Waals surface area contributed by atoms with Crippen LogP contribution in [0.5, 0.6) is 5.75 Å². The molecule has 0 radical (unpaired) electrons. The summed E-state index contributed by atoms with van der Waals surface area (Å²) >= 11 is 0. The summed E-state index contributed by atoms with van der Waals surface area (Å²) in [5.74, 6) is 0.754. The molecule has 16 heavy (non-hydrogen) atoms. The molecule has 0 heterocycles. The van der Waals surface area contributed by atoms with Crippen LogP contribution < -0.4 is 4.74 Å². The minimum atomic E-state index is -0.162. The summed E-state index contributed by atoms with van der Waals surface area (Å²) in [6, 6.07) is 9.19. The third-order valence-corrected chi connectivity index (χ3v) is 2.18. The zero-order chi connectivity index (χ0) is 11.8. The molecule has 1 unspecified atom stereocenters. The van der Waals surface area contributed by atoms with E-state index in [0.29, 0.717) is 6.61 Å². The van der Waals surface area contributed by atoms with Crippen LogP contribution in [0.25, 0.3) is 0 Å². The molecule has 5 heteroatoms. The van der Waals surface area contributed by atoms with E-state index in [9.17, 15) is 4.91 Å². The largest absolute Gasteiger partial charge is 0.491 e. The molecule has 1 N–H and O–H groups in total. The average molecular weight is 224 g/mol. The average Bonchev–Trinajstić information content (AvgIpc) is 2.34. The van der Waals surface area contributed by atoms with Crippen LogP contribution in [-0.2, 0) is 0 Å². The highest BCUT2D eigenvalue weighted by molar-refractivity contribution is 5.20. The zero-order valence-electron chi connectivity index (χ0n) is 9.24. The minimum absolute atomic E-state index is 0.0958. The first-order chi connectivity index (χ1) is 7.77. The van der Waals surface area contributed by atoms with Crippen molar-refractivity contribution in [2.45, 2.75) is 13.0 Å². The van der Waals surface area contributed by atoms with Gasteiger partial charge in [-0.2, -0.15) is 0 Å². The van der Waals surface area contributed by atoms with Crippen molar-refractivity contribution < 1.29 is 9.84 Å². The van der Waals surface area contributed by atoms with Gasteiger partial charge in [0.1, 0.15) is 12.4 Å². The van der Waals surface area contributed by atoms with Crippen LogP contribution in [0.3, 0.4) is 0 Å². The predicted octanol–water partition coefficient (Wildman–Crippen LogP) is 1.43. The number of aliphatic hydroxyl groups excluding tert-OH is 1. The van der Waals surface area contributed by atoms with Gasteiger partial charge in [0.05, 0.1) is 24.5 Å². The second-order valence-electron chi connectivity index (χ2n) is 3.44. The van der Waals surface area contributed by atoms with Gasteiger partial charge < -0.3 is 9.84 Å². The van der Waals surface area contributed by atoms with E-state index >= 15 is 0 Å². The van der Waals surface area contributed by atoms with Gasteiger partial charge in [-0.15, -0.1) is 4.91 Å². The van der Waals surface area contributed by atoms with E-state index in [1.54, 1.807) is 0 Å². The summed E-state index contributed by atoms with van der Waals surface area (Å²) in [6.07, 6.45) is 0. The van der Waals surface area contributed by atoms with Crippen LogP contribution in [0, 0.1) is 4.91 Å². The Morgan fingerprint density at radius 1 is 1.44 bits per heavy atom. The van der Waals surface area contributed by atoms with Crippen molar-refractivity contribution in [3.63, 3.8) is 0 Å². The highest BCUT2D eigenvalue weighted by atomic mass is 16.5. The van der Waals surface area contributed by atoms with E-state index in [4.69, 9.17) is 9.84 Å². The van der Waals surface area contributed by atoms with Gasteiger partial charge in [0.25, 0.3) is 0 Å². The van der Waals surface area contributed by atoms with Crippen molar-refractivity contribution in [2.24, 2.45) is 5.29 Å². The molecule has 88 valence electrons. The van der Waals surface area contributed by atoms with Gasteiger partial charge >= 0.3 is 0 Å². The van der Waals surface area contributed by atoms with Gasteiger partial charge in [0.2, 0.25) is 0 Å². The van der Waals surface area contributed by atoms with E-state index in [1.165, 1.54) is 5.01 Å². The molecule has 1 atom stereocenters. The Labute approximate surface area is 94.6 Å². The standard InChI is InChI=1S/C11H16N2O3/c1-10(13(12-15)7-8-14)9-16-11-5-3-2-4-6-11/h2-6,10,14H,7-9H2,1H3. The molecule has 0 fully saturated rings. The number of nitroso groups, excluding NO2 is 1. The maximum atomic E-state index is 10.5. The third kappa shape index (κ3) is 3.86. The van der Waals surface area contributed by atoms with Gasteiger partial charge in [-0.3, -0.25) is 5.01 Å². The lowest BCUT2D eigenvalue weighted by Gasteiger charge is -2.22. The maximum absolute atomic E-state index is 10.5. The first-order valence-corrected chi connectivity index (χ1v) is 5.16. The Kier molecular flexibility index (Phi) is 5.28. The van der Waals surface area contributed by atoms with Gasteiger partial charge in [-0.05, 0) is 19.1 Å². The summed E-state index contributed by atoms with van der Waals surface area (Å²) in [4.78, 5) is 10.5. The second-order valence-corrected chi connectivity index (χ2v) is 3.44. The Morgan fingerprint density at radius 2 is 2.12 bits per heavy atom. The van der Waals surface area contributed by atoms with Gasteiger partial charge in [0.15, 0.2) is 0 Å². The van der Waals surface area contributed by atoms with Gasteiger partial charge in [-0.25, -0.2) is 0 Å². The van der Waals surface area contributed by atoms with Crippen molar-refractivity contribution in [2.75, 3.05) is 19.8 Å². The molecule has 5 nitrogen and oxygen atoms in total. The molecule has 1 aromatic carbocycles. The summed E-state index contributed by atoms with van der Waals surface area (Å²) in [5, 5.41) is 12.8. The highest BCUT2D eigenvalue weighted by Gasteiger charge is 2.12. The van der Waals surface area contributed by atoms with Crippen LogP contribution in [-0.4, -0.2) is 35.9 Å². The van der Waals surface area contributed by atoms with E-state index in [2.05, 4.69) is 5.29 Å². The normalized spacial score (nSPS) is 11.9. The molecule has 0 aliphatic heterocycles. The fraction of sp³-hybridized carbons (Fsp3) is 0.455. The van der Waals surface area contributed by atoms with Gasteiger partial charge in [0, 0.05) is 0 Å². The van der Waals surface area contributed by atoms with Gasteiger partial charge in [-0.1, -0.05) is 18.2 Å². The first kappa shape index (κ1) is 12.4. The number of nitrogens with zero attached hydrogens (tertiary/aromatic N) is 2. The van der Waals surface area contributed by atoms with Crippen molar-refractivity contribution in [3.05, 3.63) is 35.2 Å². The first-order valence-electron chi connectivity index (χ1n) is 5.16. The Balaban J connectivity index is 2.39. The number of ether oxygens (including phenoxy) is 1. The number of hydrogen-bond donors (Lipinski definition) is 1. The van der Waals surface area contributed by atoms with E-state index in [1.807, 2.05) is 37.3 Å². The lowest BCUT2D eigenvalue weighted by Crippen LogP contribution is -2.34. The van der Waals surface area contributed by atoms with E-state index < -0.39 is 0 Å². The monoisotopic (exact) mass is 224 g/mol. The molecular weight excluding hydrogens is 208 g/mol. The number of benzene rings is 1. The predicted molar refractivity (Wildman–Crippen MR) is 61.0 cm³/mol. The summed E-state index contributed by atoms with van der Waals surface area (Å²) in [6.45, 7) is 2.31. The quantitative estimate of drug-likeness (QED) is 0.562. The molecule has 0 amide bonds. The molecule has 0 spiro atoms. The molecule has 0 aliphatic carbocycles. The molecule has 0 saturated heterocycles. The van der Waals surface area contributed by atoms with Crippen molar-refractivity contribution in [3.8, 4) is 5.75 Å². The smallest absolute Gasteiger partial charge is 0.119 e. The molecular formula is C11H16N2O3. The van der Waals surface area contributed by atoms with Crippen LogP contribution in [0.4, 0.5) is 0 Å². The van der Waals surface area contributed by atoms with E-state index in [-0.39, 0.29) is 19.2 Å². The van der Waals surface area contributed by atoms with Crippen LogP contribution >= 0.6 is 0 Å². The number of para-hydroxylation sites is 1. The Morgan fingerprint density at radius 3 is 2.69 bits per heavy atom. The molecule has 0 aliphatic rings. The molecule has 1 rings (SSSR count).